The van der Waals surface area contributed by atoms with Gasteiger partial charge in [-0.2, -0.15) is 0 Å². The first kappa shape index (κ1) is 13.0. The fraction of sp³-hybridized carbons (Fsp3) is 0.333. The summed E-state index contributed by atoms with van der Waals surface area (Å²) in [5.74, 6) is -0.494. The van der Waals surface area contributed by atoms with Gasteiger partial charge < -0.3 is 16.0 Å². The molecule has 1 rings (SSSR count). The van der Waals surface area contributed by atoms with Crippen molar-refractivity contribution in [2.45, 2.75) is 6.92 Å². The number of nitrogens with zero attached hydrogens (tertiary/aromatic N) is 1. The summed E-state index contributed by atoms with van der Waals surface area (Å²) in [6.07, 6.45) is 0. The summed E-state index contributed by atoms with van der Waals surface area (Å²) >= 11 is 0. The molecule has 0 saturated heterocycles. The average Bonchev–Trinajstić information content (AvgIpc) is 2.28. The number of rotatable bonds is 3. The normalized spacial score (nSPS) is 9.82. The van der Waals surface area contributed by atoms with Gasteiger partial charge in [-0.25, -0.2) is 0 Å². The Morgan fingerprint density at radius 1 is 1.35 bits per heavy atom. The van der Waals surface area contributed by atoms with Crippen LogP contribution in [0.4, 0.5) is 5.69 Å². The molecule has 0 atom stereocenters. The van der Waals surface area contributed by atoms with Crippen LogP contribution < -0.4 is 11.1 Å². The molecule has 0 heterocycles. The summed E-state index contributed by atoms with van der Waals surface area (Å²) in [5.41, 5.74) is 7.46. The van der Waals surface area contributed by atoms with Crippen molar-refractivity contribution < 1.29 is 9.59 Å². The number of nitrogen functional groups attached to an aromatic ring is 1. The molecular formula is C12H17N3O2. The Labute approximate surface area is 101 Å². The van der Waals surface area contributed by atoms with Crippen LogP contribution in [0, 0.1) is 6.92 Å². The maximum absolute atomic E-state index is 11.8. The van der Waals surface area contributed by atoms with E-state index in [1.807, 2.05) is 13.0 Å². The number of hydrogen-bond donors (Lipinski definition) is 2. The standard InChI is InChI=1S/C12H17N3O2/c1-8-4-5-10(13)9(6-8)12(17)14-7-11(16)15(2)3/h4-6H,7,13H2,1-3H3,(H,14,17). The van der Waals surface area contributed by atoms with E-state index in [0.717, 1.165) is 5.56 Å². The van der Waals surface area contributed by atoms with Gasteiger partial charge in [-0.15, -0.1) is 0 Å². The minimum atomic E-state index is -0.332. The van der Waals surface area contributed by atoms with E-state index in [4.69, 9.17) is 5.73 Å². The number of amides is 2. The molecule has 0 unspecified atom stereocenters. The molecule has 1 aromatic carbocycles. The van der Waals surface area contributed by atoms with Crippen LogP contribution in [0.25, 0.3) is 0 Å². The molecule has 0 aliphatic carbocycles. The van der Waals surface area contributed by atoms with E-state index >= 15 is 0 Å². The largest absolute Gasteiger partial charge is 0.398 e. The van der Waals surface area contributed by atoms with Crippen molar-refractivity contribution in [3.8, 4) is 0 Å². The van der Waals surface area contributed by atoms with Crippen molar-refractivity contribution in [1.29, 1.82) is 0 Å². The molecule has 5 nitrogen and oxygen atoms in total. The Hall–Kier alpha value is -2.04. The van der Waals surface area contributed by atoms with Crippen LogP contribution in [0.1, 0.15) is 15.9 Å². The molecule has 0 aliphatic heterocycles. The molecule has 2 amide bonds. The molecule has 0 fully saturated rings. The molecule has 0 aromatic heterocycles. The van der Waals surface area contributed by atoms with Crippen molar-refractivity contribution in [1.82, 2.24) is 10.2 Å². The number of carbonyl (C=O) groups is 2. The minimum Gasteiger partial charge on any atom is -0.398 e. The Balaban J connectivity index is 2.70. The highest BCUT2D eigenvalue weighted by atomic mass is 16.2. The molecule has 0 radical (unpaired) electrons. The molecule has 0 aliphatic rings. The third-order valence-corrected chi connectivity index (χ3v) is 2.35. The summed E-state index contributed by atoms with van der Waals surface area (Å²) in [5, 5.41) is 2.54. The first-order valence-electron chi connectivity index (χ1n) is 5.26. The first-order chi connectivity index (χ1) is 7.91. The number of benzene rings is 1. The lowest BCUT2D eigenvalue weighted by atomic mass is 10.1. The lowest BCUT2D eigenvalue weighted by Gasteiger charge is -2.12. The van der Waals surface area contributed by atoms with Crippen molar-refractivity contribution in [3.63, 3.8) is 0 Å². The molecule has 0 saturated carbocycles. The Kier molecular flexibility index (Phi) is 4.09. The first-order valence-corrected chi connectivity index (χ1v) is 5.26. The fourth-order valence-corrected chi connectivity index (χ4v) is 1.28. The lowest BCUT2D eigenvalue weighted by molar-refractivity contribution is -0.127. The molecule has 0 spiro atoms. The van der Waals surface area contributed by atoms with Crippen LogP contribution in [0.5, 0.6) is 0 Å². The number of hydrogen-bond acceptors (Lipinski definition) is 3. The van der Waals surface area contributed by atoms with Crippen LogP contribution in [0.2, 0.25) is 0 Å². The zero-order valence-corrected chi connectivity index (χ0v) is 10.3. The van der Waals surface area contributed by atoms with Crippen LogP contribution in [0.15, 0.2) is 18.2 Å². The number of nitrogens with two attached hydrogens (primary N) is 1. The third-order valence-electron chi connectivity index (χ3n) is 2.35. The van der Waals surface area contributed by atoms with Crippen LogP contribution in [-0.2, 0) is 4.79 Å². The van der Waals surface area contributed by atoms with Crippen LogP contribution in [0.3, 0.4) is 0 Å². The highest BCUT2D eigenvalue weighted by Gasteiger charge is 2.11. The highest BCUT2D eigenvalue weighted by Crippen LogP contribution is 2.13. The maximum Gasteiger partial charge on any atom is 0.253 e. The zero-order valence-electron chi connectivity index (χ0n) is 10.3. The van der Waals surface area contributed by atoms with Gasteiger partial charge in [0.05, 0.1) is 12.1 Å². The number of anilines is 1. The van der Waals surface area contributed by atoms with E-state index in [1.54, 1.807) is 26.2 Å². The second-order valence-electron chi connectivity index (χ2n) is 4.06. The van der Waals surface area contributed by atoms with Crippen LogP contribution in [-0.4, -0.2) is 37.4 Å². The second-order valence-corrected chi connectivity index (χ2v) is 4.06. The molecule has 92 valence electrons. The van der Waals surface area contributed by atoms with Gasteiger partial charge in [-0.05, 0) is 19.1 Å². The molecule has 0 bridgehead atoms. The Bertz CT molecular complexity index is 441. The highest BCUT2D eigenvalue weighted by molar-refractivity contribution is 6.00. The maximum atomic E-state index is 11.8. The Morgan fingerprint density at radius 2 is 2.00 bits per heavy atom. The number of nitrogens with one attached hydrogen (secondary N) is 1. The van der Waals surface area contributed by atoms with Crippen molar-refractivity contribution in [2.24, 2.45) is 0 Å². The molecule has 1 aromatic rings. The lowest BCUT2D eigenvalue weighted by Crippen LogP contribution is -2.36. The number of likely N-dealkylation sites (N-methyl/N-ethyl adjacent to an activating group) is 1. The van der Waals surface area contributed by atoms with Gasteiger partial charge in [-0.1, -0.05) is 11.6 Å². The smallest absolute Gasteiger partial charge is 0.253 e. The topological polar surface area (TPSA) is 75.4 Å². The van der Waals surface area contributed by atoms with Gasteiger partial charge in [0.2, 0.25) is 5.91 Å². The zero-order chi connectivity index (χ0) is 13.0. The van der Waals surface area contributed by atoms with Gasteiger partial charge >= 0.3 is 0 Å². The number of carbonyl (C=O) groups excluding carboxylic acids is 2. The summed E-state index contributed by atoms with van der Waals surface area (Å²) in [6, 6.07) is 5.21. The van der Waals surface area contributed by atoms with E-state index in [2.05, 4.69) is 5.32 Å². The predicted molar refractivity (Wildman–Crippen MR) is 66.6 cm³/mol. The average molecular weight is 235 g/mol. The van der Waals surface area contributed by atoms with E-state index in [0.29, 0.717) is 11.3 Å². The van der Waals surface area contributed by atoms with E-state index < -0.39 is 0 Å². The van der Waals surface area contributed by atoms with Crippen LogP contribution >= 0.6 is 0 Å². The molecule has 5 heteroatoms. The van der Waals surface area contributed by atoms with E-state index in [9.17, 15) is 9.59 Å². The van der Waals surface area contributed by atoms with Gasteiger partial charge in [0.1, 0.15) is 0 Å². The third kappa shape index (κ3) is 3.48. The molecule has 17 heavy (non-hydrogen) atoms. The number of aryl methyl sites for hydroxylation is 1. The van der Waals surface area contributed by atoms with E-state index in [-0.39, 0.29) is 18.4 Å². The predicted octanol–water partition coefficient (Wildman–Crippen LogP) is 0.395. The molecular weight excluding hydrogens is 218 g/mol. The quantitative estimate of drug-likeness (QED) is 0.744. The van der Waals surface area contributed by atoms with E-state index in [1.165, 1.54) is 4.90 Å². The monoisotopic (exact) mass is 235 g/mol. The summed E-state index contributed by atoms with van der Waals surface area (Å²) < 4.78 is 0. The van der Waals surface area contributed by atoms with Gasteiger partial charge in [0.15, 0.2) is 0 Å². The SMILES string of the molecule is Cc1ccc(N)c(C(=O)NCC(=O)N(C)C)c1. The van der Waals surface area contributed by atoms with Gasteiger partial charge in [0, 0.05) is 19.8 Å². The van der Waals surface area contributed by atoms with Crippen molar-refractivity contribution in [3.05, 3.63) is 29.3 Å². The Morgan fingerprint density at radius 3 is 2.59 bits per heavy atom. The summed E-state index contributed by atoms with van der Waals surface area (Å²) in [4.78, 5) is 24.5. The molecule has 3 N–H and O–H groups in total. The summed E-state index contributed by atoms with van der Waals surface area (Å²) in [6.45, 7) is 1.85. The second kappa shape index (κ2) is 5.34. The van der Waals surface area contributed by atoms with Crippen molar-refractivity contribution >= 4 is 17.5 Å². The van der Waals surface area contributed by atoms with Crippen molar-refractivity contribution in [2.75, 3.05) is 26.4 Å². The minimum absolute atomic E-state index is 0.0286. The summed E-state index contributed by atoms with van der Waals surface area (Å²) in [7, 11) is 3.27. The van der Waals surface area contributed by atoms with Gasteiger partial charge in [0.25, 0.3) is 5.91 Å². The van der Waals surface area contributed by atoms with Gasteiger partial charge in [-0.3, -0.25) is 9.59 Å². The fourth-order valence-electron chi connectivity index (χ4n) is 1.28.